The molecule has 0 heterocycles. The second kappa shape index (κ2) is 15.2. The van der Waals surface area contributed by atoms with Crippen molar-refractivity contribution in [2.24, 2.45) is 10.2 Å². The van der Waals surface area contributed by atoms with Crippen molar-refractivity contribution in [3.63, 3.8) is 0 Å². The largest absolute Gasteiger partial charge is 0.335 e. The molecule has 0 radical (unpaired) electrons. The van der Waals surface area contributed by atoms with E-state index in [-0.39, 0.29) is 0 Å². The summed E-state index contributed by atoms with van der Waals surface area (Å²) in [7, 11) is 0. The number of azo groups is 1. The number of likely N-dealkylation sites (N-methyl/N-ethyl adjacent to an activating group) is 1. The van der Waals surface area contributed by atoms with Gasteiger partial charge in [-0.1, -0.05) is 51.8 Å². The highest BCUT2D eigenvalue weighted by Crippen LogP contribution is 2.07. The van der Waals surface area contributed by atoms with E-state index in [0.717, 1.165) is 30.9 Å². The van der Waals surface area contributed by atoms with Crippen LogP contribution in [0.1, 0.15) is 46.5 Å². The number of nitrogens with zero attached hydrogens (tertiary/aromatic N) is 3. The van der Waals surface area contributed by atoms with Crippen LogP contribution in [0.25, 0.3) is 0 Å². The normalized spacial score (nSPS) is 12.9. The number of carbonyl (C=O) groups is 1. The Morgan fingerprint density at radius 1 is 1.26 bits per heavy atom. The number of unbranched alkanes of at least 4 members (excludes halogenated alkanes) is 3. The van der Waals surface area contributed by atoms with Gasteiger partial charge in [0.2, 0.25) is 6.41 Å². The lowest BCUT2D eigenvalue weighted by molar-refractivity contribution is -0.108. The molecule has 0 aromatic rings. The van der Waals surface area contributed by atoms with Crippen LogP contribution in [0.5, 0.6) is 0 Å². The second-order valence-corrected chi connectivity index (χ2v) is 5.32. The molecule has 0 saturated heterocycles. The SMILES string of the molecule is C=C/C(=C\NC=O)CN=N/C(=C/C)CN(CC)CCCCCC. The predicted octanol–water partition coefficient (Wildman–Crippen LogP) is 4.06. The third-order valence-electron chi connectivity index (χ3n) is 3.55. The van der Waals surface area contributed by atoms with Crippen molar-refractivity contribution in [3.05, 3.63) is 36.2 Å². The van der Waals surface area contributed by atoms with E-state index in [0.29, 0.717) is 13.0 Å². The van der Waals surface area contributed by atoms with Gasteiger partial charge in [0.05, 0.1) is 12.2 Å². The van der Waals surface area contributed by atoms with E-state index in [4.69, 9.17) is 0 Å². The maximum absolute atomic E-state index is 10.3. The van der Waals surface area contributed by atoms with Crippen LogP contribution in [-0.4, -0.2) is 37.5 Å². The molecule has 5 heteroatoms. The van der Waals surface area contributed by atoms with E-state index in [9.17, 15) is 4.79 Å². The summed E-state index contributed by atoms with van der Waals surface area (Å²) in [6, 6.07) is 0. The molecule has 5 nitrogen and oxygen atoms in total. The van der Waals surface area contributed by atoms with Crippen molar-refractivity contribution in [1.29, 1.82) is 0 Å². The molecule has 0 spiro atoms. The molecule has 0 bridgehead atoms. The minimum absolute atomic E-state index is 0.407. The van der Waals surface area contributed by atoms with E-state index in [2.05, 4.69) is 40.9 Å². The molecule has 1 N–H and O–H groups in total. The summed E-state index contributed by atoms with van der Waals surface area (Å²) in [6.07, 6.45) is 11.0. The van der Waals surface area contributed by atoms with E-state index < -0.39 is 0 Å². The summed E-state index contributed by atoms with van der Waals surface area (Å²) in [5.41, 5.74) is 1.79. The van der Waals surface area contributed by atoms with Crippen molar-refractivity contribution < 1.29 is 4.79 Å². The monoisotopic (exact) mass is 320 g/mol. The lowest BCUT2D eigenvalue weighted by Crippen LogP contribution is -2.26. The van der Waals surface area contributed by atoms with Crippen LogP contribution in [0.4, 0.5) is 0 Å². The lowest BCUT2D eigenvalue weighted by Gasteiger charge is -2.20. The van der Waals surface area contributed by atoms with Crippen LogP contribution in [0.15, 0.2) is 46.4 Å². The van der Waals surface area contributed by atoms with E-state index >= 15 is 0 Å². The molecule has 0 aliphatic heterocycles. The van der Waals surface area contributed by atoms with Crippen molar-refractivity contribution in [3.8, 4) is 0 Å². The summed E-state index contributed by atoms with van der Waals surface area (Å²) >= 11 is 0. The Bertz CT molecular complexity index is 413. The highest BCUT2D eigenvalue weighted by atomic mass is 16.1. The average molecular weight is 320 g/mol. The van der Waals surface area contributed by atoms with Crippen LogP contribution < -0.4 is 5.32 Å². The first-order valence-electron chi connectivity index (χ1n) is 8.47. The summed E-state index contributed by atoms with van der Waals surface area (Å²) in [4.78, 5) is 12.7. The molecular formula is C18H32N4O. The van der Waals surface area contributed by atoms with Gasteiger partial charge >= 0.3 is 0 Å². The number of hydrogen-bond acceptors (Lipinski definition) is 4. The molecule has 130 valence electrons. The van der Waals surface area contributed by atoms with Gasteiger partial charge in [-0.25, -0.2) is 0 Å². The van der Waals surface area contributed by atoms with Crippen LogP contribution in [0.3, 0.4) is 0 Å². The fraction of sp³-hybridized carbons (Fsp3) is 0.611. The Morgan fingerprint density at radius 2 is 2.04 bits per heavy atom. The van der Waals surface area contributed by atoms with Gasteiger partial charge in [-0.3, -0.25) is 9.69 Å². The van der Waals surface area contributed by atoms with Gasteiger partial charge < -0.3 is 5.32 Å². The zero-order chi connectivity index (χ0) is 17.3. The molecule has 23 heavy (non-hydrogen) atoms. The van der Waals surface area contributed by atoms with Crippen molar-refractivity contribution in [2.45, 2.75) is 46.5 Å². The zero-order valence-electron chi connectivity index (χ0n) is 14.9. The topological polar surface area (TPSA) is 57.1 Å². The lowest BCUT2D eigenvalue weighted by atomic mass is 10.2. The van der Waals surface area contributed by atoms with Gasteiger partial charge in [-0.2, -0.15) is 10.2 Å². The van der Waals surface area contributed by atoms with Crippen LogP contribution in [-0.2, 0) is 4.79 Å². The van der Waals surface area contributed by atoms with Gasteiger partial charge in [-0.05, 0) is 32.0 Å². The molecule has 0 aromatic carbocycles. The summed E-state index contributed by atoms with van der Waals surface area (Å²) in [5.74, 6) is 0. The predicted molar refractivity (Wildman–Crippen MR) is 97.2 cm³/mol. The molecule has 0 aliphatic carbocycles. The van der Waals surface area contributed by atoms with Crippen LogP contribution >= 0.6 is 0 Å². The summed E-state index contributed by atoms with van der Waals surface area (Å²) in [5, 5.41) is 11.0. The molecule has 0 rings (SSSR count). The van der Waals surface area contributed by atoms with Crippen molar-refractivity contribution in [2.75, 3.05) is 26.2 Å². The number of amides is 1. The Morgan fingerprint density at radius 3 is 2.61 bits per heavy atom. The molecule has 0 aromatic heterocycles. The Hall–Kier alpha value is -1.75. The fourth-order valence-corrected chi connectivity index (χ4v) is 2.04. The first-order chi connectivity index (χ1) is 11.2. The molecule has 0 fully saturated rings. The number of hydrogen-bond donors (Lipinski definition) is 1. The smallest absolute Gasteiger partial charge is 0.211 e. The van der Waals surface area contributed by atoms with Crippen molar-refractivity contribution in [1.82, 2.24) is 10.2 Å². The summed E-state index contributed by atoms with van der Waals surface area (Å²) in [6.45, 7) is 13.4. The van der Waals surface area contributed by atoms with Gasteiger partial charge in [0.25, 0.3) is 0 Å². The molecular weight excluding hydrogens is 288 g/mol. The van der Waals surface area contributed by atoms with E-state index in [1.165, 1.54) is 25.7 Å². The molecule has 0 unspecified atom stereocenters. The van der Waals surface area contributed by atoms with Gasteiger partial charge in [0.1, 0.15) is 0 Å². The minimum Gasteiger partial charge on any atom is -0.335 e. The molecule has 0 atom stereocenters. The van der Waals surface area contributed by atoms with Crippen LogP contribution in [0.2, 0.25) is 0 Å². The first-order valence-corrected chi connectivity index (χ1v) is 8.47. The molecule has 1 amide bonds. The maximum atomic E-state index is 10.3. The van der Waals surface area contributed by atoms with Gasteiger partial charge in [-0.15, -0.1) is 0 Å². The van der Waals surface area contributed by atoms with Crippen LogP contribution in [0, 0.1) is 0 Å². The highest BCUT2D eigenvalue weighted by molar-refractivity contribution is 5.48. The number of rotatable bonds is 14. The fourth-order valence-electron chi connectivity index (χ4n) is 2.04. The standard InChI is InChI=1S/C18H32N4O/c1-5-9-10-11-12-22(8-4)15-18(7-3)21-20-14-17(6-2)13-19-16-23/h6-7,13,16H,2,5,8-12,14-15H2,1,3-4H3,(H,19,23)/b17-13+,18-7+,21-20?. The van der Waals surface area contributed by atoms with Crippen molar-refractivity contribution >= 4 is 6.41 Å². The number of allylic oxidation sites excluding steroid dienone is 1. The second-order valence-electron chi connectivity index (χ2n) is 5.32. The Labute approximate surface area is 141 Å². The first kappa shape index (κ1) is 21.2. The highest BCUT2D eigenvalue weighted by Gasteiger charge is 2.05. The molecule has 0 saturated carbocycles. The zero-order valence-corrected chi connectivity index (χ0v) is 14.9. The average Bonchev–Trinajstić information content (AvgIpc) is 2.58. The van der Waals surface area contributed by atoms with Gasteiger partial charge in [0, 0.05) is 12.7 Å². The van der Waals surface area contributed by atoms with E-state index in [1.807, 2.05) is 13.0 Å². The number of nitrogens with one attached hydrogen (secondary N) is 1. The summed E-state index contributed by atoms with van der Waals surface area (Å²) < 4.78 is 0. The maximum Gasteiger partial charge on any atom is 0.211 e. The van der Waals surface area contributed by atoms with Gasteiger partial charge in [0.15, 0.2) is 0 Å². The Balaban J connectivity index is 4.38. The minimum atomic E-state index is 0.407. The van der Waals surface area contributed by atoms with E-state index in [1.54, 1.807) is 12.3 Å². The molecule has 0 aliphatic rings. The number of carbonyl (C=O) groups excluding carboxylic acids is 1. The third kappa shape index (κ3) is 11.5. The quantitative estimate of drug-likeness (QED) is 0.227. The third-order valence-corrected chi connectivity index (χ3v) is 3.55. The Kier molecular flexibility index (Phi) is 14.0.